The van der Waals surface area contributed by atoms with Crippen molar-refractivity contribution in [1.29, 1.82) is 0 Å². The summed E-state index contributed by atoms with van der Waals surface area (Å²) >= 11 is 7.50. The van der Waals surface area contributed by atoms with Crippen molar-refractivity contribution >= 4 is 34.4 Å². The summed E-state index contributed by atoms with van der Waals surface area (Å²) in [5, 5.41) is 8.06. The van der Waals surface area contributed by atoms with Crippen molar-refractivity contribution < 1.29 is 0 Å². The van der Waals surface area contributed by atoms with Gasteiger partial charge in [-0.15, -0.1) is 11.3 Å². The topological polar surface area (TPSA) is 31.4 Å². The number of benzene rings is 1. The molecule has 2 fully saturated rings. The molecule has 4 rings (SSSR count). The molecule has 2 aliphatic rings. The van der Waals surface area contributed by atoms with Crippen LogP contribution < -0.4 is 10.2 Å². The van der Waals surface area contributed by atoms with Crippen molar-refractivity contribution in [1.82, 2.24) is 15.2 Å². The summed E-state index contributed by atoms with van der Waals surface area (Å²) in [5.74, 6) is 0.559. The van der Waals surface area contributed by atoms with Gasteiger partial charge in [-0.25, -0.2) is 4.98 Å². The van der Waals surface area contributed by atoms with Crippen molar-refractivity contribution in [3.8, 4) is 11.3 Å². The molecule has 162 valence electrons. The van der Waals surface area contributed by atoms with Gasteiger partial charge in [0.2, 0.25) is 0 Å². The standard InChI is InChI=1S/C24H34N4S2/c1-3-27(4-2)21-11-9-18(10-12-21)22-17-30-23(26-22)19-13-15-28(16-14-19)24(29)25-20-7-5-6-8-20/h9-12,17,19-20H,3-8,13-16H2,1-2H3,(H,25,29). The number of piperidine rings is 1. The molecule has 0 amide bonds. The summed E-state index contributed by atoms with van der Waals surface area (Å²) in [5.41, 5.74) is 3.61. The summed E-state index contributed by atoms with van der Waals surface area (Å²) in [6.07, 6.45) is 7.50. The molecule has 1 aliphatic heterocycles. The maximum atomic E-state index is 5.68. The Hall–Kier alpha value is -1.66. The second-order valence-corrected chi connectivity index (χ2v) is 9.76. The molecule has 1 saturated heterocycles. The molecular formula is C24H34N4S2. The van der Waals surface area contributed by atoms with Crippen LogP contribution in [0.1, 0.15) is 63.3 Å². The number of nitrogens with zero attached hydrogens (tertiary/aromatic N) is 3. The Morgan fingerprint density at radius 3 is 2.40 bits per heavy atom. The van der Waals surface area contributed by atoms with Crippen LogP contribution in [0, 0.1) is 0 Å². The highest BCUT2D eigenvalue weighted by Gasteiger charge is 2.26. The van der Waals surface area contributed by atoms with E-state index >= 15 is 0 Å². The largest absolute Gasteiger partial charge is 0.372 e. The van der Waals surface area contributed by atoms with E-state index in [1.807, 2.05) is 11.3 Å². The molecule has 1 N–H and O–H groups in total. The van der Waals surface area contributed by atoms with Crippen LogP contribution in [0.2, 0.25) is 0 Å². The third kappa shape index (κ3) is 4.97. The van der Waals surface area contributed by atoms with E-state index in [1.54, 1.807) is 0 Å². The van der Waals surface area contributed by atoms with Crippen molar-refractivity contribution in [2.45, 2.75) is 64.3 Å². The summed E-state index contributed by atoms with van der Waals surface area (Å²) in [7, 11) is 0. The average Bonchev–Trinajstić information content (AvgIpc) is 3.48. The Morgan fingerprint density at radius 1 is 1.10 bits per heavy atom. The van der Waals surface area contributed by atoms with E-state index in [1.165, 1.54) is 41.9 Å². The molecule has 0 radical (unpaired) electrons. The number of nitrogens with one attached hydrogen (secondary N) is 1. The van der Waals surface area contributed by atoms with E-state index in [0.29, 0.717) is 12.0 Å². The van der Waals surface area contributed by atoms with E-state index in [2.05, 4.69) is 58.6 Å². The molecule has 0 bridgehead atoms. The fourth-order valence-electron chi connectivity index (χ4n) is 4.71. The van der Waals surface area contributed by atoms with Gasteiger partial charge in [0.25, 0.3) is 0 Å². The smallest absolute Gasteiger partial charge is 0.169 e. The highest BCUT2D eigenvalue weighted by molar-refractivity contribution is 7.80. The summed E-state index contributed by atoms with van der Waals surface area (Å²) in [6, 6.07) is 9.46. The van der Waals surface area contributed by atoms with Crippen molar-refractivity contribution in [3.05, 3.63) is 34.7 Å². The van der Waals surface area contributed by atoms with Gasteiger partial charge in [0.15, 0.2) is 5.11 Å². The van der Waals surface area contributed by atoms with E-state index in [4.69, 9.17) is 17.2 Å². The van der Waals surface area contributed by atoms with Crippen LogP contribution in [-0.4, -0.2) is 47.2 Å². The van der Waals surface area contributed by atoms with Gasteiger partial charge in [-0.05, 0) is 63.9 Å². The molecule has 1 aliphatic carbocycles. The number of rotatable bonds is 6. The van der Waals surface area contributed by atoms with Crippen molar-refractivity contribution in [3.63, 3.8) is 0 Å². The van der Waals surface area contributed by atoms with Gasteiger partial charge < -0.3 is 15.1 Å². The lowest BCUT2D eigenvalue weighted by molar-refractivity contribution is 0.306. The Bertz CT molecular complexity index is 814. The maximum absolute atomic E-state index is 5.68. The third-order valence-corrected chi connectivity index (χ3v) is 8.01. The van der Waals surface area contributed by atoms with Crippen molar-refractivity contribution in [2.24, 2.45) is 0 Å². The first-order valence-electron chi connectivity index (χ1n) is 11.5. The van der Waals surface area contributed by atoms with Gasteiger partial charge in [0, 0.05) is 54.8 Å². The Labute approximate surface area is 190 Å². The first-order chi connectivity index (χ1) is 14.7. The number of likely N-dealkylation sites (tertiary alicyclic amines) is 1. The highest BCUT2D eigenvalue weighted by atomic mass is 32.1. The van der Waals surface area contributed by atoms with Gasteiger partial charge in [0.05, 0.1) is 10.7 Å². The number of thiazole rings is 1. The molecule has 4 nitrogen and oxygen atoms in total. The molecular weight excluding hydrogens is 408 g/mol. The van der Waals surface area contributed by atoms with E-state index in [9.17, 15) is 0 Å². The molecule has 6 heteroatoms. The van der Waals surface area contributed by atoms with Gasteiger partial charge in [-0.1, -0.05) is 25.0 Å². The van der Waals surface area contributed by atoms with Crippen LogP contribution >= 0.6 is 23.6 Å². The quantitative estimate of drug-likeness (QED) is 0.584. The lowest BCUT2D eigenvalue weighted by Crippen LogP contribution is -2.46. The predicted octanol–water partition coefficient (Wildman–Crippen LogP) is 5.65. The van der Waals surface area contributed by atoms with E-state index in [-0.39, 0.29) is 0 Å². The average molecular weight is 443 g/mol. The Kier molecular flexibility index (Phi) is 7.26. The highest BCUT2D eigenvalue weighted by Crippen LogP contribution is 2.33. The maximum Gasteiger partial charge on any atom is 0.169 e. The molecule has 30 heavy (non-hydrogen) atoms. The normalized spacial score (nSPS) is 18.0. The van der Waals surface area contributed by atoms with E-state index < -0.39 is 0 Å². The van der Waals surface area contributed by atoms with Crippen LogP contribution in [0.15, 0.2) is 29.6 Å². The number of aromatic nitrogens is 1. The molecule has 2 aromatic rings. The number of anilines is 1. The second kappa shape index (κ2) is 10.1. The summed E-state index contributed by atoms with van der Waals surface area (Å²) < 4.78 is 0. The fraction of sp³-hybridized carbons (Fsp3) is 0.583. The molecule has 1 aromatic heterocycles. The molecule has 1 aromatic carbocycles. The van der Waals surface area contributed by atoms with Crippen LogP contribution in [0.4, 0.5) is 5.69 Å². The number of hydrogen-bond donors (Lipinski definition) is 1. The third-order valence-electron chi connectivity index (χ3n) is 6.63. The van der Waals surface area contributed by atoms with Gasteiger partial charge >= 0.3 is 0 Å². The number of hydrogen-bond acceptors (Lipinski definition) is 4. The van der Waals surface area contributed by atoms with Gasteiger partial charge in [0.1, 0.15) is 0 Å². The minimum atomic E-state index is 0.559. The summed E-state index contributed by atoms with van der Waals surface area (Å²) in [6.45, 7) is 8.55. The number of thiocarbonyl (C=S) groups is 1. The molecule has 0 spiro atoms. The predicted molar refractivity (Wildman–Crippen MR) is 133 cm³/mol. The zero-order valence-electron chi connectivity index (χ0n) is 18.3. The Balaban J connectivity index is 1.33. The zero-order chi connectivity index (χ0) is 20.9. The summed E-state index contributed by atoms with van der Waals surface area (Å²) in [4.78, 5) is 9.75. The van der Waals surface area contributed by atoms with Crippen LogP contribution in [0.25, 0.3) is 11.3 Å². The lowest BCUT2D eigenvalue weighted by Gasteiger charge is -2.34. The molecule has 0 atom stereocenters. The minimum absolute atomic E-state index is 0.559. The minimum Gasteiger partial charge on any atom is -0.372 e. The van der Waals surface area contributed by atoms with Crippen LogP contribution in [0.5, 0.6) is 0 Å². The van der Waals surface area contributed by atoms with Gasteiger partial charge in [-0.3, -0.25) is 0 Å². The Morgan fingerprint density at radius 2 is 1.77 bits per heavy atom. The zero-order valence-corrected chi connectivity index (χ0v) is 19.9. The first kappa shape index (κ1) is 21.6. The SMILES string of the molecule is CCN(CC)c1ccc(-c2csc(C3CCN(C(=S)NC4CCCC4)CC3)n2)cc1. The first-order valence-corrected chi connectivity index (χ1v) is 12.8. The van der Waals surface area contributed by atoms with Crippen molar-refractivity contribution in [2.75, 3.05) is 31.1 Å². The fourth-order valence-corrected chi connectivity index (χ4v) is 6.05. The van der Waals surface area contributed by atoms with E-state index in [0.717, 1.165) is 49.8 Å². The van der Waals surface area contributed by atoms with Crippen LogP contribution in [0.3, 0.4) is 0 Å². The molecule has 1 saturated carbocycles. The monoisotopic (exact) mass is 442 g/mol. The molecule has 2 heterocycles. The lowest BCUT2D eigenvalue weighted by atomic mass is 9.98. The second-order valence-electron chi connectivity index (χ2n) is 8.48. The van der Waals surface area contributed by atoms with Gasteiger partial charge in [-0.2, -0.15) is 0 Å². The van der Waals surface area contributed by atoms with Crippen LogP contribution in [-0.2, 0) is 0 Å². The molecule has 0 unspecified atom stereocenters.